The summed E-state index contributed by atoms with van der Waals surface area (Å²) in [5.74, 6) is -0.182. The van der Waals surface area contributed by atoms with Crippen molar-refractivity contribution in [1.82, 2.24) is 0 Å². The lowest BCUT2D eigenvalue weighted by atomic mass is 9.76. The maximum Gasteiger partial charge on any atom is 0.318 e. The minimum absolute atomic E-state index is 0.130. The topological polar surface area (TPSA) is 26.3 Å². The molecule has 1 aliphatic carbocycles. The minimum Gasteiger partial charge on any atom is -0.462 e. The molecular formula is C11H20O2S. The fraction of sp³-hybridized carbons (Fsp3) is 0.909. The van der Waals surface area contributed by atoms with Crippen LogP contribution in [0.5, 0.6) is 0 Å². The predicted molar refractivity (Wildman–Crippen MR) is 60.6 cm³/mol. The van der Waals surface area contributed by atoms with E-state index in [9.17, 15) is 4.79 Å². The smallest absolute Gasteiger partial charge is 0.318 e. The van der Waals surface area contributed by atoms with Crippen LogP contribution >= 0.6 is 12.6 Å². The molecule has 1 rings (SSSR count). The zero-order valence-corrected chi connectivity index (χ0v) is 10.1. The quantitative estimate of drug-likeness (QED) is 0.567. The van der Waals surface area contributed by atoms with Gasteiger partial charge in [0, 0.05) is 0 Å². The van der Waals surface area contributed by atoms with Gasteiger partial charge in [-0.3, -0.25) is 4.79 Å². The molecule has 1 aliphatic rings. The second-order valence-corrected chi connectivity index (χ2v) is 5.75. The molecule has 0 heterocycles. The maximum absolute atomic E-state index is 11.3. The van der Waals surface area contributed by atoms with E-state index in [4.69, 9.17) is 4.74 Å². The average Bonchev–Trinajstić information content (AvgIpc) is 2.08. The fourth-order valence-electron chi connectivity index (χ4n) is 1.75. The first kappa shape index (κ1) is 11.9. The highest BCUT2D eigenvalue weighted by Gasteiger charge is 2.29. The molecule has 0 aromatic rings. The lowest BCUT2D eigenvalue weighted by Crippen LogP contribution is -2.30. The summed E-state index contributed by atoms with van der Waals surface area (Å²) in [4.78, 5) is 11.3. The van der Waals surface area contributed by atoms with Crippen molar-refractivity contribution in [1.29, 1.82) is 0 Å². The molecule has 3 heteroatoms. The van der Waals surface area contributed by atoms with Gasteiger partial charge < -0.3 is 4.74 Å². The Labute approximate surface area is 91.8 Å². The van der Waals surface area contributed by atoms with Crippen LogP contribution in [-0.4, -0.2) is 17.3 Å². The molecule has 1 atom stereocenters. The summed E-state index contributed by atoms with van der Waals surface area (Å²) in [6.07, 6.45) is 4.42. The van der Waals surface area contributed by atoms with Gasteiger partial charge in [0.05, 0.1) is 5.25 Å². The molecule has 0 radical (unpaired) electrons. The van der Waals surface area contributed by atoms with Crippen LogP contribution in [0.25, 0.3) is 0 Å². The highest BCUT2D eigenvalue weighted by atomic mass is 32.1. The molecule has 0 amide bonds. The van der Waals surface area contributed by atoms with Crippen molar-refractivity contribution in [3.8, 4) is 0 Å². The Morgan fingerprint density at radius 3 is 2.36 bits per heavy atom. The van der Waals surface area contributed by atoms with E-state index < -0.39 is 0 Å². The number of hydrogen-bond donors (Lipinski definition) is 1. The van der Waals surface area contributed by atoms with Gasteiger partial charge >= 0.3 is 5.97 Å². The van der Waals surface area contributed by atoms with Gasteiger partial charge in [-0.05, 0) is 38.0 Å². The van der Waals surface area contributed by atoms with Gasteiger partial charge in [0.15, 0.2) is 0 Å². The molecule has 1 fully saturated rings. The van der Waals surface area contributed by atoms with Crippen LogP contribution in [0.1, 0.15) is 46.5 Å². The molecular weight excluding hydrogens is 196 g/mol. The van der Waals surface area contributed by atoms with E-state index in [-0.39, 0.29) is 17.3 Å². The Morgan fingerprint density at radius 2 is 1.93 bits per heavy atom. The first-order chi connectivity index (χ1) is 6.41. The molecule has 0 N–H and O–H groups in total. The maximum atomic E-state index is 11.3. The minimum atomic E-state index is -0.301. The van der Waals surface area contributed by atoms with E-state index >= 15 is 0 Å². The molecule has 1 unspecified atom stereocenters. The molecule has 0 spiro atoms. The van der Waals surface area contributed by atoms with Crippen molar-refractivity contribution in [2.24, 2.45) is 5.41 Å². The van der Waals surface area contributed by atoms with Crippen LogP contribution in [0, 0.1) is 5.41 Å². The molecule has 14 heavy (non-hydrogen) atoms. The van der Waals surface area contributed by atoms with Crippen LogP contribution in [0.2, 0.25) is 0 Å². The van der Waals surface area contributed by atoms with Gasteiger partial charge in [-0.15, -0.1) is 0 Å². The third-order valence-electron chi connectivity index (χ3n) is 2.91. The van der Waals surface area contributed by atoms with Crippen molar-refractivity contribution in [3.05, 3.63) is 0 Å². The van der Waals surface area contributed by atoms with Crippen molar-refractivity contribution >= 4 is 18.6 Å². The van der Waals surface area contributed by atoms with Gasteiger partial charge in [-0.2, -0.15) is 12.6 Å². The summed E-state index contributed by atoms with van der Waals surface area (Å²) in [5, 5.41) is -0.301. The standard InChI is InChI=1S/C11H20O2S/c1-8(14)10(12)13-9-4-6-11(2,3)7-5-9/h8-9,14H,4-7H2,1-3H3. The second-order valence-electron chi connectivity index (χ2n) is 4.98. The predicted octanol–water partition coefficient (Wildman–Crippen LogP) is 2.82. The van der Waals surface area contributed by atoms with Gasteiger partial charge in [0.2, 0.25) is 0 Å². The van der Waals surface area contributed by atoms with Crippen LogP contribution in [0.15, 0.2) is 0 Å². The summed E-state index contributed by atoms with van der Waals surface area (Å²) >= 11 is 4.05. The van der Waals surface area contributed by atoms with Crippen LogP contribution in [0.4, 0.5) is 0 Å². The SMILES string of the molecule is CC(S)C(=O)OC1CCC(C)(C)CC1. The number of ether oxygens (including phenoxy) is 1. The molecule has 1 saturated carbocycles. The van der Waals surface area contributed by atoms with E-state index in [1.165, 1.54) is 0 Å². The first-order valence-corrected chi connectivity index (χ1v) is 5.81. The largest absolute Gasteiger partial charge is 0.462 e. The summed E-state index contributed by atoms with van der Waals surface area (Å²) < 4.78 is 5.33. The normalized spacial score (nSPS) is 24.3. The van der Waals surface area contributed by atoms with E-state index in [1.807, 2.05) is 0 Å². The molecule has 0 bridgehead atoms. The van der Waals surface area contributed by atoms with Crippen molar-refractivity contribution in [3.63, 3.8) is 0 Å². The summed E-state index contributed by atoms with van der Waals surface area (Å²) in [7, 11) is 0. The molecule has 0 aliphatic heterocycles. The molecule has 82 valence electrons. The van der Waals surface area contributed by atoms with Crippen LogP contribution < -0.4 is 0 Å². The fourth-order valence-corrected chi connectivity index (χ4v) is 1.81. The van der Waals surface area contributed by atoms with Crippen LogP contribution in [0.3, 0.4) is 0 Å². The monoisotopic (exact) mass is 216 g/mol. The summed E-state index contributed by atoms with van der Waals surface area (Å²) in [6, 6.07) is 0. The number of carbonyl (C=O) groups is 1. The Bertz CT molecular complexity index is 201. The van der Waals surface area contributed by atoms with Crippen molar-refractivity contribution in [2.75, 3.05) is 0 Å². The summed E-state index contributed by atoms with van der Waals surface area (Å²) in [5.41, 5.74) is 0.426. The Hall–Kier alpha value is -0.180. The third kappa shape index (κ3) is 3.52. The van der Waals surface area contributed by atoms with Gasteiger partial charge in [-0.1, -0.05) is 13.8 Å². The van der Waals surface area contributed by atoms with Crippen LogP contribution in [-0.2, 0) is 9.53 Å². The second kappa shape index (κ2) is 4.56. The summed E-state index contributed by atoms with van der Waals surface area (Å²) in [6.45, 7) is 6.29. The number of carbonyl (C=O) groups excluding carboxylic acids is 1. The third-order valence-corrected chi connectivity index (χ3v) is 3.12. The first-order valence-electron chi connectivity index (χ1n) is 5.29. The molecule has 0 saturated heterocycles. The van der Waals surface area contributed by atoms with Gasteiger partial charge in [-0.25, -0.2) is 0 Å². The Balaban J connectivity index is 2.33. The number of hydrogen-bond acceptors (Lipinski definition) is 3. The highest BCUT2D eigenvalue weighted by molar-refractivity contribution is 7.81. The van der Waals surface area contributed by atoms with E-state index in [2.05, 4.69) is 26.5 Å². The molecule has 0 aromatic heterocycles. The lowest BCUT2D eigenvalue weighted by molar-refractivity contribution is -0.150. The van der Waals surface area contributed by atoms with E-state index in [1.54, 1.807) is 6.92 Å². The number of thiol groups is 1. The molecule has 2 nitrogen and oxygen atoms in total. The zero-order chi connectivity index (χ0) is 10.8. The average molecular weight is 216 g/mol. The van der Waals surface area contributed by atoms with E-state index in [0.717, 1.165) is 25.7 Å². The van der Waals surface area contributed by atoms with Crippen molar-refractivity contribution in [2.45, 2.75) is 57.8 Å². The van der Waals surface area contributed by atoms with E-state index in [0.29, 0.717) is 5.41 Å². The number of rotatable bonds is 2. The highest BCUT2D eigenvalue weighted by Crippen LogP contribution is 2.36. The Kier molecular flexibility index (Phi) is 3.87. The van der Waals surface area contributed by atoms with Crippen molar-refractivity contribution < 1.29 is 9.53 Å². The zero-order valence-electron chi connectivity index (χ0n) is 9.25. The van der Waals surface area contributed by atoms with Gasteiger partial charge in [0.25, 0.3) is 0 Å². The Morgan fingerprint density at radius 1 is 1.43 bits per heavy atom. The molecule has 0 aromatic carbocycles. The number of esters is 1. The lowest BCUT2D eigenvalue weighted by Gasteiger charge is -2.34. The van der Waals surface area contributed by atoms with Gasteiger partial charge in [0.1, 0.15) is 6.10 Å².